The first kappa shape index (κ1) is 15.7. The molecule has 0 aliphatic carbocycles. The quantitative estimate of drug-likeness (QED) is 0.882. The Morgan fingerprint density at radius 1 is 1.40 bits per heavy atom. The fraction of sp³-hybridized carbons (Fsp3) is 0.357. The van der Waals surface area contributed by atoms with Crippen LogP contribution < -0.4 is 5.32 Å². The molecule has 0 aliphatic rings. The van der Waals surface area contributed by atoms with Gasteiger partial charge < -0.3 is 15.2 Å². The Labute approximate surface area is 117 Å². The topological polar surface area (TPSA) is 88.5 Å². The van der Waals surface area contributed by atoms with Crippen molar-refractivity contribution in [2.45, 2.75) is 26.4 Å². The number of pyridine rings is 1. The van der Waals surface area contributed by atoms with E-state index < -0.39 is 17.7 Å². The first-order valence-electron chi connectivity index (χ1n) is 6.10. The standard InChI is InChI=1S/C14H18N2O4/c1-14(2,3)20-13(19)16-6-4-5-10-7-11(12(17)18)9-15-8-10/h4-5,7-9H,6H2,1-3H3,(H,16,19)(H,17,18)/b5-4-. The maximum Gasteiger partial charge on any atom is 0.407 e. The summed E-state index contributed by atoms with van der Waals surface area (Å²) in [7, 11) is 0. The highest BCUT2D eigenvalue weighted by atomic mass is 16.6. The number of amides is 1. The van der Waals surface area contributed by atoms with E-state index in [1.165, 1.54) is 18.5 Å². The summed E-state index contributed by atoms with van der Waals surface area (Å²) in [5, 5.41) is 11.4. The van der Waals surface area contributed by atoms with Crippen LogP contribution in [0.5, 0.6) is 0 Å². The molecule has 1 aromatic heterocycles. The van der Waals surface area contributed by atoms with Crippen molar-refractivity contribution in [2.75, 3.05) is 6.54 Å². The summed E-state index contributed by atoms with van der Waals surface area (Å²) in [6, 6.07) is 1.50. The van der Waals surface area contributed by atoms with E-state index in [0.29, 0.717) is 5.56 Å². The van der Waals surface area contributed by atoms with Crippen LogP contribution in [0, 0.1) is 0 Å². The van der Waals surface area contributed by atoms with E-state index in [2.05, 4.69) is 10.3 Å². The van der Waals surface area contributed by atoms with E-state index in [4.69, 9.17) is 9.84 Å². The summed E-state index contributed by atoms with van der Waals surface area (Å²) < 4.78 is 5.07. The molecule has 1 aromatic rings. The lowest BCUT2D eigenvalue weighted by Crippen LogP contribution is -2.32. The number of alkyl carbamates (subject to hydrolysis) is 1. The van der Waals surface area contributed by atoms with Crippen molar-refractivity contribution in [3.05, 3.63) is 35.7 Å². The minimum atomic E-state index is -1.03. The number of aromatic carboxylic acids is 1. The first-order valence-corrected chi connectivity index (χ1v) is 6.10. The normalized spacial score (nSPS) is 11.3. The van der Waals surface area contributed by atoms with Gasteiger partial charge in [-0.15, -0.1) is 0 Å². The minimum Gasteiger partial charge on any atom is -0.478 e. The minimum absolute atomic E-state index is 0.118. The highest BCUT2D eigenvalue weighted by Gasteiger charge is 2.14. The molecule has 1 heterocycles. The second-order valence-electron chi connectivity index (χ2n) is 5.10. The van der Waals surface area contributed by atoms with Gasteiger partial charge in [0.1, 0.15) is 5.60 Å². The fourth-order valence-corrected chi connectivity index (χ4v) is 1.32. The summed E-state index contributed by atoms with van der Waals surface area (Å²) >= 11 is 0. The number of hydrogen-bond acceptors (Lipinski definition) is 4. The van der Waals surface area contributed by atoms with Gasteiger partial charge in [-0.2, -0.15) is 0 Å². The molecule has 20 heavy (non-hydrogen) atoms. The summed E-state index contributed by atoms with van der Waals surface area (Å²) in [5.74, 6) is -1.03. The number of hydrogen-bond donors (Lipinski definition) is 2. The second-order valence-corrected chi connectivity index (χ2v) is 5.10. The summed E-state index contributed by atoms with van der Waals surface area (Å²) in [6.07, 6.45) is 5.68. The third-order valence-electron chi connectivity index (χ3n) is 2.08. The van der Waals surface area contributed by atoms with Crippen LogP contribution in [-0.4, -0.2) is 34.3 Å². The average molecular weight is 278 g/mol. The number of ether oxygens (including phenoxy) is 1. The van der Waals surface area contributed by atoms with Gasteiger partial charge in [-0.3, -0.25) is 4.98 Å². The molecular weight excluding hydrogens is 260 g/mol. The summed E-state index contributed by atoms with van der Waals surface area (Å²) in [5.41, 5.74) is 0.233. The van der Waals surface area contributed by atoms with Crippen molar-refractivity contribution in [2.24, 2.45) is 0 Å². The molecule has 1 rings (SSSR count). The highest BCUT2D eigenvalue weighted by Crippen LogP contribution is 2.06. The lowest BCUT2D eigenvalue weighted by Gasteiger charge is -2.19. The zero-order valence-corrected chi connectivity index (χ0v) is 11.7. The highest BCUT2D eigenvalue weighted by molar-refractivity contribution is 5.87. The van der Waals surface area contributed by atoms with E-state index in [1.54, 1.807) is 32.9 Å². The Hall–Kier alpha value is -2.37. The second kappa shape index (κ2) is 6.70. The lowest BCUT2D eigenvalue weighted by atomic mass is 10.2. The van der Waals surface area contributed by atoms with Crippen LogP contribution in [0.15, 0.2) is 24.5 Å². The molecule has 6 heteroatoms. The maximum absolute atomic E-state index is 11.4. The van der Waals surface area contributed by atoms with Crippen molar-refractivity contribution < 1.29 is 19.4 Å². The lowest BCUT2D eigenvalue weighted by molar-refractivity contribution is 0.0533. The predicted molar refractivity (Wildman–Crippen MR) is 74.5 cm³/mol. The smallest absolute Gasteiger partial charge is 0.407 e. The first-order chi connectivity index (χ1) is 9.28. The van der Waals surface area contributed by atoms with Crippen molar-refractivity contribution in [3.63, 3.8) is 0 Å². The Bertz CT molecular complexity index is 518. The van der Waals surface area contributed by atoms with Gasteiger partial charge in [-0.25, -0.2) is 9.59 Å². The molecule has 0 bridgehead atoms. The van der Waals surface area contributed by atoms with Crippen molar-refractivity contribution in [1.29, 1.82) is 0 Å². The van der Waals surface area contributed by atoms with Crippen LogP contribution in [0.4, 0.5) is 4.79 Å². The predicted octanol–water partition coefficient (Wildman–Crippen LogP) is 2.32. The number of aromatic nitrogens is 1. The van der Waals surface area contributed by atoms with Gasteiger partial charge in [0.2, 0.25) is 0 Å². The van der Waals surface area contributed by atoms with Crippen LogP contribution in [0.3, 0.4) is 0 Å². The van der Waals surface area contributed by atoms with Gasteiger partial charge in [0.15, 0.2) is 0 Å². The van der Waals surface area contributed by atoms with E-state index in [0.717, 1.165) is 0 Å². The fourth-order valence-electron chi connectivity index (χ4n) is 1.32. The molecule has 0 aliphatic heterocycles. The van der Waals surface area contributed by atoms with Gasteiger partial charge in [0.25, 0.3) is 0 Å². The third-order valence-corrected chi connectivity index (χ3v) is 2.08. The van der Waals surface area contributed by atoms with Gasteiger partial charge in [0, 0.05) is 18.9 Å². The van der Waals surface area contributed by atoms with Crippen LogP contribution in [0.1, 0.15) is 36.7 Å². The molecule has 108 valence electrons. The van der Waals surface area contributed by atoms with E-state index >= 15 is 0 Å². The molecule has 0 fully saturated rings. The third kappa shape index (κ3) is 5.99. The molecular formula is C14H18N2O4. The average Bonchev–Trinajstić information content (AvgIpc) is 2.33. The van der Waals surface area contributed by atoms with Gasteiger partial charge in [-0.05, 0) is 32.4 Å². The van der Waals surface area contributed by atoms with Crippen LogP contribution in [-0.2, 0) is 4.74 Å². The van der Waals surface area contributed by atoms with Crippen LogP contribution >= 0.6 is 0 Å². The number of carbonyl (C=O) groups excluding carboxylic acids is 1. The maximum atomic E-state index is 11.4. The Morgan fingerprint density at radius 3 is 2.70 bits per heavy atom. The monoisotopic (exact) mass is 278 g/mol. The molecule has 0 aromatic carbocycles. The Balaban J connectivity index is 2.47. The summed E-state index contributed by atoms with van der Waals surface area (Å²) in [6.45, 7) is 5.63. The number of carbonyl (C=O) groups is 2. The number of nitrogens with one attached hydrogen (secondary N) is 1. The number of carboxylic acid groups (broad SMARTS) is 1. The molecule has 2 N–H and O–H groups in total. The van der Waals surface area contributed by atoms with Crippen LogP contribution in [0.25, 0.3) is 6.08 Å². The molecule has 0 spiro atoms. The SMILES string of the molecule is CC(C)(C)OC(=O)NC/C=C\c1cncc(C(=O)O)c1. The molecule has 6 nitrogen and oxygen atoms in total. The van der Waals surface area contributed by atoms with Crippen LogP contribution in [0.2, 0.25) is 0 Å². The zero-order valence-electron chi connectivity index (χ0n) is 11.7. The van der Waals surface area contributed by atoms with Gasteiger partial charge in [0.05, 0.1) is 5.56 Å². The Morgan fingerprint density at radius 2 is 2.10 bits per heavy atom. The van der Waals surface area contributed by atoms with Crippen molar-refractivity contribution in [1.82, 2.24) is 10.3 Å². The van der Waals surface area contributed by atoms with Crippen molar-refractivity contribution >= 4 is 18.1 Å². The van der Waals surface area contributed by atoms with E-state index in [-0.39, 0.29) is 12.1 Å². The number of rotatable bonds is 4. The molecule has 0 radical (unpaired) electrons. The summed E-state index contributed by atoms with van der Waals surface area (Å²) in [4.78, 5) is 25.9. The molecule has 0 atom stereocenters. The molecule has 1 amide bonds. The molecule has 0 saturated heterocycles. The molecule has 0 saturated carbocycles. The van der Waals surface area contributed by atoms with Gasteiger partial charge >= 0.3 is 12.1 Å². The Kier molecular flexibility index (Phi) is 5.25. The number of nitrogens with zero attached hydrogens (tertiary/aromatic N) is 1. The van der Waals surface area contributed by atoms with E-state index in [1.807, 2.05) is 0 Å². The zero-order chi connectivity index (χ0) is 15.2. The van der Waals surface area contributed by atoms with E-state index in [9.17, 15) is 9.59 Å². The van der Waals surface area contributed by atoms with Gasteiger partial charge in [-0.1, -0.05) is 12.2 Å². The largest absolute Gasteiger partial charge is 0.478 e. The van der Waals surface area contributed by atoms with Crippen molar-refractivity contribution in [3.8, 4) is 0 Å². The number of carboxylic acids is 1. The molecule has 0 unspecified atom stereocenters.